The molecule has 1 saturated carbocycles. The van der Waals surface area contributed by atoms with Crippen molar-refractivity contribution in [2.45, 2.75) is 64.2 Å². The van der Waals surface area contributed by atoms with Gasteiger partial charge in [-0.25, -0.2) is 4.79 Å². The number of ether oxygens (including phenoxy) is 1. The van der Waals surface area contributed by atoms with Gasteiger partial charge in [0.2, 0.25) is 5.89 Å². The molecule has 0 aromatic carbocycles. The van der Waals surface area contributed by atoms with Gasteiger partial charge in [0.1, 0.15) is 0 Å². The molecule has 2 heterocycles. The van der Waals surface area contributed by atoms with E-state index in [1.807, 2.05) is 18.7 Å². The number of nitrogens with one attached hydrogen (secondary N) is 1. The Bertz CT molecular complexity index is 525. The van der Waals surface area contributed by atoms with Crippen LogP contribution >= 0.6 is 0 Å². The van der Waals surface area contributed by atoms with Crippen molar-refractivity contribution >= 4 is 6.03 Å². The predicted molar refractivity (Wildman–Crippen MR) is 79.5 cm³/mol. The largest absolute Gasteiger partial charge is 0.375 e. The maximum Gasteiger partial charge on any atom is 0.317 e. The fourth-order valence-electron chi connectivity index (χ4n) is 3.07. The number of aromatic nitrogens is 2. The molecule has 122 valence electrons. The minimum Gasteiger partial charge on any atom is -0.375 e. The lowest BCUT2D eigenvalue weighted by Crippen LogP contribution is -2.52. The van der Waals surface area contributed by atoms with Gasteiger partial charge in [-0.2, -0.15) is 4.98 Å². The molecule has 1 saturated heterocycles. The lowest BCUT2D eigenvalue weighted by Gasteiger charge is -2.37. The highest BCUT2D eigenvalue weighted by molar-refractivity contribution is 5.75. The van der Waals surface area contributed by atoms with E-state index in [4.69, 9.17) is 9.26 Å². The standard InChI is InChI=1S/C15H24N4O3/c1-9(2)21-13-6-12(7-13)17-15(20)19-5-4-11(8-19)14-16-10(3)18-22-14/h9,11-13H,4-8H2,1-3H3,(H,17,20). The average molecular weight is 308 g/mol. The van der Waals surface area contributed by atoms with Crippen molar-refractivity contribution in [2.75, 3.05) is 13.1 Å². The Morgan fingerprint density at radius 1 is 1.45 bits per heavy atom. The quantitative estimate of drug-likeness (QED) is 0.918. The molecule has 0 spiro atoms. The summed E-state index contributed by atoms with van der Waals surface area (Å²) in [6, 6.07) is 0.243. The summed E-state index contributed by atoms with van der Waals surface area (Å²) in [5.41, 5.74) is 0. The maximum absolute atomic E-state index is 12.3. The summed E-state index contributed by atoms with van der Waals surface area (Å²) in [7, 11) is 0. The second kappa shape index (κ2) is 6.24. The Morgan fingerprint density at radius 3 is 2.86 bits per heavy atom. The summed E-state index contributed by atoms with van der Waals surface area (Å²) in [5.74, 6) is 1.44. The number of rotatable bonds is 4. The van der Waals surface area contributed by atoms with Crippen LogP contribution in [0.15, 0.2) is 4.52 Å². The molecule has 3 rings (SSSR count). The molecule has 1 N–H and O–H groups in total. The second-order valence-corrected chi connectivity index (χ2v) is 6.54. The first-order valence-electron chi connectivity index (χ1n) is 8.02. The average Bonchev–Trinajstić information content (AvgIpc) is 3.03. The molecule has 2 amide bonds. The van der Waals surface area contributed by atoms with Gasteiger partial charge < -0.3 is 19.5 Å². The molecule has 1 aliphatic carbocycles. The van der Waals surface area contributed by atoms with Gasteiger partial charge in [0.05, 0.1) is 18.1 Å². The number of urea groups is 1. The molecule has 1 atom stereocenters. The van der Waals surface area contributed by atoms with E-state index in [1.165, 1.54) is 0 Å². The zero-order valence-electron chi connectivity index (χ0n) is 13.4. The fourth-order valence-corrected chi connectivity index (χ4v) is 3.07. The second-order valence-electron chi connectivity index (χ2n) is 6.54. The van der Waals surface area contributed by atoms with Crippen molar-refractivity contribution in [3.05, 3.63) is 11.7 Å². The summed E-state index contributed by atoms with van der Waals surface area (Å²) in [6.07, 6.45) is 3.23. The highest BCUT2D eigenvalue weighted by atomic mass is 16.5. The van der Waals surface area contributed by atoms with E-state index in [0.29, 0.717) is 18.3 Å². The van der Waals surface area contributed by atoms with E-state index < -0.39 is 0 Å². The van der Waals surface area contributed by atoms with Crippen LogP contribution < -0.4 is 5.32 Å². The van der Waals surface area contributed by atoms with E-state index >= 15 is 0 Å². The Morgan fingerprint density at radius 2 is 2.23 bits per heavy atom. The van der Waals surface area contributed by atoms with E-state index in [9.17, 15) is 4.79 Å². The first kappa shape index (κ1) is 15.3. The van der Waals surface area contributed by atoms with E-state index in [0.717, 1.165) is 25.8 Å². The summed E-state index contributed by atoms with van der Waals surface area (Å²) in [4.78, 5) is 18.4. The van der Waals surface area contributed by atoms with Crippen molar-refractivity contribution < 1.29 is 14.1 Å². The lowest BCUT2D eigenvalue weighted by molar-refractivity contribution is -0.0480. The normalized spacial score (nSPS) is 28.0. The van der Waals surface area contributed by atoms with Crippen LogP contribution in [0.3, 0.4) is 0 Å². The molecular formula is C15H24N4O3. The van der Waals surface area contributed by atoms with Gasteiger partial charge in [-0.05, 0) is 40.0 Å². The Balaban J connectivity index is 1.43. The number of nitrogens with zero attached hydrogens (tertiary/aromatic N) is 3. The van der Waals surface area contributed by atoms with Crippen LogP contribution in [0, 0.1) is 6.92 Å². The third kappa shape index (κ3) is 3.40. The smallest absolute Gasteiger partial charge is 0.317 e. The third-order valence-electron chi connectivity index (χ3n) is 4.26. The lowest BCUT2D eigenvalue weighted by atomic mass is 9.89. The Kier molecular flexibility index (Phi) is 4.33. The Labute approximate surface area is 130 Å². The summed E-state index contributed by atoms with van der Waals surface area (Å²) >= 11 is 0. The number of aryl methyl sites for hydroxylation is 1. The third-order valence-corrected chi connectivity index (χ3v) is 4.26. The minimum absolute atomic E-state index is 0.00624. The molecule has 1 aromatic rings. The van der Waals surface area contributed by atoms with Crippen LogP contribution in [0.2, 0.25) is 0 Å². The van der Waals surface area contributed by atoms with Gasteiger partial charge in [0.25, 0.3) is 0 Å². The molecule has 7 heteroatoms. The Hall–Kier alpha value is -1.63. The summed E-state index contributed by atoms with van der Waals surface area (Å²) in [5, 5.41) is 6.89. The van der Waals surface area contributed by atoms with Crippen molar-refractivity contribution in [1.29, 1.82) is 0 Å². The van der Waals surface area contributed by atoms with Crippen LogP contribution in [0.5, 0.6) is 0 Å². The van der Waals surface area contributed by atoms with Gasteiger partial charge in [-0.15, -0.1) is 0 Å². The SMILES string of the molecule is Cc1noc(C2CCN(C(=O)NC3CC(OC(C)C)C3)C2)n1. The number of hydrogen-bond acceptors (Lipinski definition) is 5. The molecule has 22 heavy (non-hydrogen) atoms. The number of hydrogen-bond donors (Lipinski definition) is 1. The van der Waals surface area contributed by atoms with Gasteiger partial charge in [0.15, 0.2) is 5.82 Å². The first-order chi connectivity index (χ1) is 10.5. The number of carbonyl (C=O) groups is 1. The van der Waals surface area contributed by atoms with Crippen molar-refractivity contribution in [3.63, 3.8) is 0 Å². The molecular weight excluding hydrogens is 284 g/mol. The van der Waals surface area contributed by atoms with Crippen LogP contribution in [-0.4, -0.2) is 52.4 Å². The van der Waals surface area contributed by atoms with Crippen LogP contribution in [0.1, 0.15) is 50.7 Å². The summed E-state index contributed by atoms with van der Waals surface area (Å²) in [6.45, 7) is 7.26. The van der Waals surface area contributed by atoms with Gasteiger partial charge in [-0.3, -0.25) is 0 Å². The molecule has 0 radical (unpaired) electrons. The zero-order chi connectivity index (χ0) is 15.7. The summed E-state index contributed by atoms with van der Waals surface area (Å²) < 4.78 is 10.9. The predicted octanol–water partition coefficient (Wildman–Crippen LogP) is 1.83. The molecule has 0 bridgehead atoms. The van der Waals surface area contributed by atoms with Gasteiger partial charge in [-0.1, -0.05) is 5.16 Å². The molecule has 7 nitrogen and oxygen atoms in total. The van der Waals surface area contributed by atoms with E-state index in [2.05, 4.69) is 15.5 Å². The molecule has 1 aromatic heterocycles. The first-order valence-corrected chi connectivity index (χ1v) is 8.02. The molecule has 2 aliphatic rings. The zero-order valence-corrected chi connectivity index (χ0v) is 13.4. The number of likely N-dealkylation sites (tertiary alicyclic amines) is 1. The fraction of sp³-hybridized carbons (Fsp3) is 0.800. The van der Waals surface area contributed by atoms with Crippen molar-refractivity contribution in [2.24, 2.45) is 0 Å². The van der Waals surface area contributed by atoms with E-state index in [1.54, 1.807) is 6.92 Å². The van der Waals surface area contributed by atoms with Crippen LogP contribution in [-0.2, 0) is 4.74 Å². The highest BCUT2D eigenvalue weighted by Gasteiger charge is 2.35. The maximum atomic E-state index is 12.3. The van der Waals surface area contributed by atoms with E-state index in [-0.39, 0.29) is 30.2 Å². The van der Waals surface area contributed by atoms with Crippen LogP contribution in [0.25, 0.3) is 0 Å². The monoisotopic (exact) mass is 308 g/mol. The topological polar surface area (TPSA) is 80.5 Å². The van der Waals surface area contributed by atoms with Gasteiger partial charge in [0, 0.05) is 19.1 Å². The minimum atomic E-state index is 0.00624. The number of carbonyl (C=O) groups excluding carboxylic acids is 1. The molecule has 1 aliphatic heterocycles. The molecule has 2 fully saturated rings. The van der Waals surface area contributed by atoms with Gasteiger partial charge >= 0.3 is 6.03 Å². The molecule has 1 unspecified atom stereocenters. The van der Waals surface area contributed by atoms with Crippen molar-refractivity contribution in [3.8, 4) is 0 Å². The van der Waals surface area contributed by atoms with Crippen LogP contribution in [0.4, 0.5) is 4.79 Å². The number of amides is 2. The van der Waals surface area contributed by atoms with Crippen molar-refractivity contribution in [1.82, 2.24) is 20.4 Å². The highest BCUT2D eigenvalue weighted by Crippen LogP contribution is 2.28.